The standard InChI is InChI=1S/C31H41N3O3S/c1-2-3-4-5-6-12-30(35)34-28-23-25(15-13-24(28)14-16-31(34)36)37-21-8-7-18-32-19-20-33-27-10-9-11-29-26(27)17-22-38-29/h9-10,13-17,23,29,32H,2-8,11-12,18-22H2,1H3. The molecule has 0 saturated heterocycles. The first-order valence-corrected chi connectivity index (χ1v) is 15.3. The first kappa shape index (κ1) is 28.4. The van der Waals surface area contributed by atoms with Gasteiger partial charge in [-0.2, -0.15) is 0 Å². The molecule has 0 saturated carbocycles. The van der Waals surface area contributed by atoms with Crippen LogP contribution in [-0.4, -0.2) is 53.4 Å². The van der Waals surface area contributed by atoms with E-state index in [9.17, 15) is 9.59 Å². The average Bonchev–Trinajstić information content (AvgIpc) is 3.41. The van der Waals surface area contributed by atoms with Gasteiger partial charge < -0.3 is 10.1 Å². The number of nitrogens with one attached hydrogen (secondary N) is 1. The second-order valence-corrected chi connectivity index (χ2v) is 11.2. The van der Waals surface area contributed by atoms with Crippen LogP contribution in [0.2, 0.25) is 0 Å². The summed E-state index contributed by atoms with van der Waals surface area (Å²) in [6, 6.07) is 8.90. The van der Waals surface area contributed by atoms with Gasteiger partial charge in [-0.25, -0.2) is 4.57 Å². The quantitative estimate of drug-likeness (QED) is 0.275. The fourth-order valence-electron chi connectivity index (χ4n) is 4.96. The Morgan fingerprint density at radius 3 is 2.87 bits per heavy atom. The molecule has 0 amide bonds. The number of rotatable bonds is 15. The lowest BCUT2D eigenvalue weighted by atomic mass is 9.98. The topological polar surface area (TPSA) is 72.7 Å². The van der Waals surface area contributed by atoms with E-state index in [0.29, 0.717) is 29.5 Å². The Morgan fingerprint density at radius 1 is 1.11 bits per heavy atom. The Labute approximate surface area is 230 Å². The molecule has 1 aliphatic heterocycles. The summed E-state index contributed by atoms with van der Waals surface area (Å²) in [6.07, 6.45) is 15.5. The van der Waals surface area contributed by atoms with Gasteiger partial charge >= 0.3 is 0 Å². The zero-order chi connectivity index (χ0) is 26.6. The summed E-state index contributed by atoms with van der Waals surface area (Å²) < 4.78 is 7.29. The van der Waals surface area contributed by atoms with Crippen LogP contribution in [0.3, 0.4) is 0 Å². The summed E-state index contributed by atoms with van der Waals surface area (Å²) in [5.74, 6) is 1.66. The van der Waals surface area contributed by atoms with Crippen molar-refractivity contribution in [1.29, 1.82) is 0 Å². The van der Waals surface area contributed by atoms with E-state index in [4.69, 9.17) is 9.73 Å². The molecule has 2 heterocycles. The van der Waals surface area contributed by atoms with Gasteiger partial charge in [-0.05, 0) is 67.5 Å². The van der Waals surface area contributed by atoms with Crippen LogP contribution in [0.25, 0.3) is 10.9 Å². The van der Waals surface area contributed by atoms with Crippen molar-refractivity contribution in [1.82, 2.24) is 9.88 Å². The third-order valence-corrected chi connectivity index (χ3v) is 8.28. The molecule has 1 unspecified atom stereocenters. The summed E-state index contributed by atoms with van der Waals surface area (Å²) in [4.78, 5) is 30.2. The van der Waals surface area contributed by atoms with E-state index < -0.39 is 0 Å². The number of pyridine rings is 1. The molecule has 4 rings (SSSR count). The van der Waals surface area contributed by atoms with Crippen LogP contribution in [0.15, 0.2) is 63.9 Å². The summed E-state index contributed by atoms with van der Waals surface area (Å²) >= 11 is 2.01. The summed E-state index contributed by atoms with van der Waals surface area (Å²) in [6.45, 7) is 5.36. The number of hydrogen-bond donors (Lipinski definition) is 1. The summed E-state index contributed by atoms with van der Waals surface area (Å²) in [5.41, 5.74) is 2.94. The maximum atomic E-state index is 12.9. The number of benzene rings is 1. The van der Waals surface area contributed by atoms with Crippen molar-refractivity contribution in [3.63, 3.8) is 0 Å². The predicted octanol–water partition coefficient (Wildman–Crippen LogP) is 6.19. The Balaban J connectivity index is 1.18. The Bertz CT molecular complexity index is 1230. The molecule has 0 fully saturated rings. The van der Waals surface area contributed by atoms with Gasteiger partial charge in [0, 0.05) is 36.1 Å². The molecule has 38 heavy (non-hydrogen) atoms. The molecule has 1 aliphatic carbocycles. The highest BCUT2D eigenvalue weighted by Crippen LogP contribution is 2.33. The molecule has 6 nitrogen and oxygen atoms in total. The maximum absolute atomic E-state index is 12.9. The van der Waals surface area contributed by atoms with E-state index in [-0.39, 0.29) is 11.5 Å². The zero-order valence-electron chi connectivity index (χ0n) is 22.6. The second kappa shape index (κ2) is 15.1. The number of fused-ring (bicyclic) bond motifs is 2. The van der Waals surface area contributed by atoms with Crippen molar-refractivity contribution in [2.24, 2.45) is 4.99 Å². The van der Waals surface area contributed by atoms with Crippen LogP contribution in [0, 0.1) is 0 Å². The third-order valence-electron chi connectivity index (χ3n) is 7.07. The first-order valence-electron chi connectivity index (χ1n) is 14.2. The number of aliphatic imine (C=N–C) groups is 1. The SMILES string of the molecule is CCCCCCCC(=O)n1c(=O)ccc2ccc(OCCCCNCCN=C3C=CCC4SCC=C34)cc21. The third kappa shape index (κ3) is 7.93. The van der Waals surface area contributed by atoms with Crippen LogP contribution in [-0.2, 0) is 0 Å². The molecule has 1 aromatic heterocycles. The van der Waals surface area contributed by atoms with Gasteiger partial charge in [-0.3, -0.25) is 14.6 Å². The predicted molar refractivity (Wildman–Crippen MR) is 160 cm³/mol. The lowest BCUT2D eigenvalue weighted by Crippen LogP contribution is -2.26. The van der Waals surface area contributed by atoms with E-state index in [0.717, 1.165) is 75.0 Å². The normalized spacial score (nSPS) is 17.7. The number of hydrogen-bond acceptors (Lipinski definition) is 6. The molecule has 0 spiro atoms. The number of nitrogens with zero attached hydrogens (tertiary/aromatic N) is 2. The molecule has 1 N–H and O–H groups in total. The number of unbranched alkanes of at least 4 members (excludes halogenated alkanes) is 5. The van der Waals surface area contributed by atoms with E-state index in [2.05, 4.69) is 30.5 Å². The smallest absolute Gasteiger partial charge is 0.257 e. The summed E-state index contributed by atoms with van der Waals surface area (Å²) in [5, 5.41) is 4.96. The number of carbonyl (C=O) groups excluding carboxylic acids is 1. The average molecular weight is 536 g/mol. The Morgan fingerprint density at radius 2 is 1.97 bits per heavy atom. The molecule has 204 valence electrons. The van der Waals surface area contributed by atoms with Gasteiger partial charge in [0.2, 0.25) is 5.91 Å². The van der Waals surface area contributed by atoms with Gasteiger partial charge in [0.1, 0.15) is 5.75 Å². The highest BCUT2D eigenvalue weighted by Gasteiger charge is 2.24. The molecular weight excluding hydrogens is 494 g/mol. The van der Waals surface area contributed by atoms with Gasteiger partial charge in [0.15, 0.2) is 0 Å². The molecule has 1 atom stereocenters. The Hall–Kier alpha value is -2.64. The first-order chi connectivity index (χ1) is 18.7. The number of aromatic nitrogens is 1. The van der Waals surface area contributed by atoms with Crippen molar-refractivity contribution >= 4 is 34.3 Å². The van der Waals surface area contributed by atoms with Crippen LogP contribution < -0.4 is 15.6 Å². The van der Waals surface area contributed by atoms with Crippen LogP contribution in [0.1, 0.15) is 69.5 Å². The molecule has 0 bridgehead atoms. The molecular formula is C31H41N3O3S. The second-order valence-electron chi connectivity index (χ2n) is 9.98. The highest BCUT2D eigenvalue weighted by atomic mass is 32.2. The minimum atomic E-state index is -0.275. The van der Waals surface area contributed by atoms with Gasteiger partial charge in [0.05, 0.1) is 24.4 Å². The largest absolute Gasteiger partial charge is 0.494 e. The van der Waals surface area contributed by atoms with Gasteiger partial charge in [-0.15, -0.1) is 11.8 Å². The molecule has 0 radical (unpaired) electrons. The Kier molecular flexibility index (Phi) is 11.3. The summed E-state index contributed by atoms with van der Waals surface area (Å²) in [7, 11) is 0. The molecule has 2 aliphatic rings. The van der Waals surface area contributed by atoms with Crippen molar-refractivity contribution in [2.75, 3.05) is 32.0 Å². The fraction of sp³-hybridized carbons (Fsp3) is 0.516. The monoisotopic (exact) mass is 535 g/mol. The van der Waals surface area contributed by atoms with Crippen LogP contribution in [0.5, 0.6) is 5.75 Å². The molecule has 1 aromatic carbocycles. The molecule has 7 heteroatoms. The van der Waals surface area contributed by atoms with Crippen molar-refractivity contribution in [3.05, 3.63) is 64.5 Å². The maximum Gasteiger partial charge on any atom is 0.257 e. The van der Waals surface area contributed by atoms with Crippen molar-refractivity contribution in [2.45, 2.75) is 70.0 Å². The number of ether oxygens (including phenoxy) is 1. The number of thioether (sulfide) groups is 1. The van der Waals surface area contributed by atoms with Crippen molar-refractivity contribution in [3.8, 4) is 5.75 Å². The van der Waals surface area contributed by atoms with Crippen molar-refractivity contribution < 1.29 is 9.53 Å². The van der Waals surface area contributed by atoms with Gasteiger partial charge in [-0.1, -0.05) is 44.8 Å². The molecule has 2 aromatic rings. The number of carbonyl (C=O) groups is 1. The van der Waals surface area contributed by atoms with E-state index >= 15 is 0 Å². The minimum Gasteiger partial charge on any atom is -0.494 e. The highest BCUT2D eigenvalue weighted by molar-refractivity contribution is 8.00. The zero-order valence-corrected chi connectivity index (χ0v) is 23.4. The number of allylic oxidation sites excluding steroid dienone is 2. The lowest BCUT2D eigenvalue weighted by molar-refractivity contribution is 0.0900. The van der Waals surface area contributed by atoms with E-state index in [1.54, 1.807) is 6.07 Å². The van der Waals surface area contributed by atoms with E-state index in [1.165, 1.54) is 29.0 Å². The van der Waals surface area contributed by atoms with E-state index in [1.807, 2.05) is 30.0 Å². The van der Waals surface area contributed by atoms with Gasteiger partial charge in [0.25, 0.3) is 5.56 Å². The lowest BCUT2D eigenvalue weighted by Gasteiger charge is -2.17. The minimum absolute atomic E-state index is 0.136. The van der Waals surface area contributed by atoms with Crippen LogP contribution >= 0.6 is 11.8 Å². The van der Waals surface area contributed by atoms with Crippen LogP contribution in [0.4, 0.5) is 0 Å². The fourth-order valence-corrected chi connectivity index (χ4v) is 6.11.